The Hall–Kier alpha value is -0.0700. The minimum atomic E-state index is -0.582. The van der Waals surface area contributed by atoms with Gasteiger partial charge in [-0.25, -0.2) is 0 Å². The standard InChI is InChI=1S/C18H33N3O2.2ClH/c19-18(8-2-1-3-9-18)17(22)21-12-6-16(7-13-21)23-15-14-20-10-4-5-11-20;;/h16H,1-15,19H2;2*1H. The second-order valence-electron chi connectivity index (χ2n) is 7.63. The van der Waals surface area contributed by atoms with Crippen molar-refractivity contribution < 1.29 is 9.53 Å². The second kappa shape index (κ2) is 10.9. The van der Waals surface area contributed by atoms with Crippen LogP contribution in [-0.2, 0) is 9.53 Å². The van der Waals surface area contributed by atoms with E-state index in [0.717, 1.165) is 64.8 Å². The zero-order valence-electron chi connectivity index (χ0n) is 15.3. The number of amides is 1. The van der Waals surface area contributed by atoms with Gasteiger partial charge in [0.15, 0.2) is 0 Å². The van der Waals surface area contributed by atoms with E-state index < -0.39 is 5.54 Å². The molecule has 2 aliphatic heterocycles. The third-order valence-corrected chi connectivity index (χ3v) is 5.86. The average Bonchev–Trinajstić information content (AvgIpc) is 3.09. The Balaban J connectivity index is 0.00000156. The van der Waals surface area contributed by atoms with Crippen molar-refractivity contribution in [1.82, 2.24) is 9.80 Å². The number of piperidine rings is 1. The first-order chi connectivity index (χ1) is 11.2. The molecule has 0 bridgehead atoms. The van der Waals surface area contributed by atoms with Crippen LogP contribution in [0.5, 0.6) is 0 Å². The molecule has 0 aromatic heterocycles. The SMILES string of the molecule is Cl.Cl.NC1(C(=O)N2CCC(OCCN3CCCC3)CC2)CCCCC1. The maximum Gasteiger partial charge on any atom is 0.242 e. The lowest BCUT2D eigenvalue weighted by Gasteiger charge is -2.40. The number of rotatable bonds is 5. The smallest absolute Gasteiger partial charge is 0.242 e. The molecule has 1 saturated carbocycles. The molecule has 0 radical (unpaired) electrons. The number of likely N-dealkylation sites (tertiary alicyclic amines) is 2. The van der Waals surface area contributed by atoms with E-state index in [1.165, 1.54) is 32.4 Å². The van der Waals surface area contributed by atoms with Crippen molar-refractivity contribution >= 4 is 30.7 Å². The Morgan fingerprint density at radius 1 is 0.960 bits per heavy atom. The molecular formula is C18H35Cl2N3O2. The van der Waals surface area contributed by atoms with E-state index in [9.17, 15) is 4.79 Å². The summed E-state index contributed by atoms with van der Waals surface area (Å²) in [5, 5.41) is 0. The van der Waals surface area contributed by atoms with Crippen LogP contribution < -0.4 is 5.73 Å². The number of carbonyl (C=O) groups excluding carboxylic acids is 1. The third-order valence-electron chi connectivity index (χ3n) is 5.86. The van der Waals surface area contributed by atoms with Crippen LogP contribution in [0.15, 0.2) is 0 Å². The van der Waals surface area contributed by atoms with Gasteiger partial charge in [-0.3, -0.25) is 4.79 Å². The molecule has 1 aliphatic carbocycles. The second-order valence-corrected chi connectivity index (χ2v) is 7.63. The summed E-state index contributed by atoms with van der Waals surface area (Å²) in [6.07, 6.45) is 10.0. The summed E-state index contributed by atoms with van der Waals surface area (Å²) in [4.78, 5) is 17.2. The lowest BCUT2D eigenvalue weighted by molar-refractivity contribution is -0.141. The maximum absolute atomic E-state index is 12.7. The van der Waals surface area contributed by atoms with Crippen molar-refractivity contribution in [2.24, 2.45) is 5.73 Å². The number of halogens is 2. The quantitative estimate of drug-likeness (QED) is 0.776. The van der Waals surface area contributed by atoms with Crippen LogP contribution in [0, 0.1) is 0 Å². The van der Waals surface area contributed by atoms with Crippen molar-refractivity contribution in [2.75, 3.05) is 39.3 Å². The van der Waals surface area contributed by atoms with E-state index in [-0.39, 0.29) is 30.7 Å². The number of hydrogen-bond acceptors (Lipinski definition) is 4. The molecule has 3 rings (SSSR count). The Labute approximate surface area is 164 Å². The predicted octanol–water partition coefficient (Wildman–Crippen LogP) is 2.59. The topological polar surface area (TPSA) is 58.8 Å². The summed E-state index contributed by atoms with van der Waals surface area (Å²) in [5.74, 6) is 0.188. The highest BCUT2D eigenvalue weighted by Crippen LogP contribution is 2.29. The molecule has 0 aromatic rings. The van der Waals surface area contributed by atoms with Crippen molar-refractivity contribution in [2.45, 2.75) is 69.4 Å². The summed E-state index contributed by atoms with van der Waals surface area (Å²) in [5.41, 5.74) is 5.81. The molecule has 0 aromatic carbocycles. The van der Waals surface area contributed by atoms with E-state index >= 15 is 0 Å². The molecule has 1 amide bonds. The largest absolute Gasteiger partial charge is 0.377 e. The van der Waals surface area contributed by atoms with E-state index in [4.69, 9.17) is 10.5 Å². The molecule has 2 N–H and O–H groups in total. The highest BCUT2D eigenvalue weighted by atomic mass is 35.5. The van der Waals surface area contributed by atoms with Crippen molar-refractivity contribution in [3.63, 3.8) is 0 Å². The molecule has 148 valence electrons. The predicted molar refractivity (Wildman–Crippen MR) is 106 cm³/mol. The number of ether oxygens (including phenoxy) is 1. The van der Waals surface area contributed by atoms with Gasteiger partial charge in [0.2, 0.25) is 5.91 Å². The normalized spacial score (nSPS) is 24.4. The molecule has 5 nitrogen and oxygen atoms in total. The Kier molecular flexibility index (Phi) is 10.0. The Morgan fingerprint density at radius 2 is 1.56 bits per heavy atom. The Bertz CT molecular complexity index is 392. The summed E-state index contributed by atoms with van der Waals surface area (Å²) in [6.45, 7) is 5.98. The maximum atomic E-state index is 12.7. The fourth-order valence-corrected chi connectivity index (χ4v) is 4.29. The van der Waals surface area contributed by atoms with Crippen LogP contribution in [0.1, 0.15) is 57.8 Å². The molecule has 2 heterocycles. The van der Waals surface area contributed by atoms with Gasteiger partial charge in [0.25, 0.3) is 0 Å². The van der Waals surface area contributed by atoms with E-state index in [0.29, 0.717) is 6.10 Å². The lowest BCUT2D eigenvalue weighted by atomic mass is 9.81. The summed E-state index contributed by atoms with van der Waals surface area (Å²) >= 11 is 0. The van der Waals surface area contributed by atoms with Gasteiger partial charge in [0, 0.05) is 19.6 Å². The first-order valence-electron chi connectivity index (χ1n) is 9.60. The van der Waals surface area contributed by atoms with Gasteiger partial charge in [-0.05, 0) is 51.6 Å². The van der Waals surface area contributed by atoms with E-state index in [1.54, 1.807) is 0 Å². The van der Waals surface area contributed by atoms with Crippen LogP contribution in [0.3, 0.4) is 0 Å². The number of nitrogens with two attached hydrogens (primary N) is 1. The molecule has 0 spiro atoms. The van der Waals surface area contributed by atoms with Crippen LogP contribution in [0.25, 0.3) is 0 Å². The van der Waals surface area contributed by atoms with Crippen LogP contribution in [0.2, 0.25) is 0 Å². The zero-order valence-corrected chi connectivity index (χ0v) is 16.9. The highest BCUT2D eigenvalue weighted by Gasteiger charge is 2.39. The van der Waals surface area contributed by atoms with Crippen LogP contribution >= 0.6 is 24.8 Å². The van der Waals surface area contributed by atoms with Gasteiger partial charge in [-0.15, -0.1) is 24.8 Å². The monoisotopic (exact) mass is 395 g/mol. The van der Waals surface area contributed by atoms with Gasteiger partial charge in [-0.1, -0.05) is 19.3 Å². The van der Waals surface area contributed by atoms with Crippen molar-refractivity contribution in [1.29, 1.82) is 0 Å². The minimum absolute atomic E-state index is 0. The third kappa shape index (κ3) is 6.24. The molecular weight excluding hydrogens is 361 g/mol. The van der Waals surface area contributed by atoms with Gasteiger partial charge < -0.3 is 20.3 Å². The van der Waals surface area contributed by atoms with Gasteiger partial charge >= 0.3 is 0 Å². The lowest BCUT2D eigenvalue weighted by Crippen LogP contribution is -2.58. The minimum Gasteiger partial charge on any atom is -0.377 e. The molecule has 7 heteroatoms. The van der Waals surface area contributed by atoms with E-state index in [1.807, 2.05) is 4.90 Å². The van der Waals surface area contributed by atoms with Crippen molar-refractivity contribution in [3.05, 3.63) is 0 Å². The fraction of sp³-hybridized carbons (Fsp3) is 0.944. The summed E-state index contributed by atoms with van der Waals surface area (Å²) < 4.78 is 6.03. The fourth-order valence-electron chi connectivity index (χ4n) is 4.29. The molecule has 25 heavy (non-hydrogen) atoms. The number of carbonyl (C=O) groups is 1. The first-order valence-corrected chi connectivity index (χ1v) is 9.60. The van der Waals surface area contributed by atoms with Crippen LogP contribution in [-0.4, -0.2) is 66.7 Å². The van der Waals surface area contributed by atoms with Gasteiger partial charge in [0.05, 0.1) is 18.2 Å². The number of nitrogens with zero attached hydrogens (tertiary/aromatic N) is 2. The van der Waals surface area contributed by atoms with Crippen molar-refractivity contribution in [3.8, 4) is 0 Å². The molecule has 3 fully saturated rings. The first kappa shape index (κ1) is 23.0. The number of hydrogen-bond donors (Lipinski definition) is 1. The molecule has 0 atom stereocenters. The zero-order chi connectivity index (χ0) is 16.1. The van der Waals surface area contributed by atoms with E-state index in [2.05, 4.69) is 4.90 Å². The summed E-state index contributed by atoms with van der Waals surface area (Å²) in [6, 6.07) is 0. The Morgan fingerprint density at radius 3 is 2.16 bits per heavy atom. The highest BCUT2D eigenvalue weighted by molar-refractivity contribution is 5.86. The molecule has 2 saturated heterocycles. The van der Waals surface area contributed by atoms with Crippen LogP contribution in [0.4, 0.5) is 0 Å². The molecule has 0 unspecified atom stereocenters. The summed E-state index contributed by atoms with van der Waals surface area (Å²) in [7, 11) is 0. The average molecular weight is 396 g/mol. The molecule has 3 aliphatic rings. The van der Waals surface area contributed by atoms with Gasteiger partial charge in [-0.2, -0.15) is 0 Å². The van der Waals surface area contributed by atoms with Gasteiger partial charge in [0.1, 0.15) is 0 Å².